The summed E-state index contributed by atoms with van der Waals surface area (Å²) in [6.07, 6.45) is 0.576. The van der Waals surface area contributed by atoms with E-state index in [0.717, 1.165) is 29.1 Å². The Hall–Kier alpha value is -1.61. The third kappa shape index (κ3) is 2.87. The quantitative estimate of drug-likeness (QED) is 0.915. The number of aliphatic hydroxyl groups is 1. The molecule has 0 aliphatic rings. The van der Waals surface area contributed by atoms with E-state index in [0.29, 0.717) is 6.42 Å². The number of hydrogen-bond donors (Lipinski definition) is 1. The lowest BCUT2D eigenvalue weighted by molar-refractivity contribution is 0.0547. The van der Waals surface area contributed by atoms with Gasteiger partial charge in [-0.05, 0) is 44.9 Å². The second-order valence-corrected chi connectivity index (χ2v) is 5.36. The summed E-state index contributed by atoms with van der Waals surface area (Å²) >= 11 is 0. The Bertz CT molecular complexity index is 570. The highest BCUT2D eigenvalue weighted by atomic mass is 16.3. The van der Waals surface area contributed by atoms with Crippen molar-refractivity contribution >= 4 is 0 Å². The summed E-state index contributed by atoms with van der Waals surface area (Å²) in [5.74, 6) is 0. The molecule has 0 spiro atoms. The molecule has 1 unspecified atom stereocenters. The van der Waals surface area contributed by atoms with Crippen molar-refractivity contribution in [3.63, 3.8) is 0 Å². The molecule has 0 saturated heterocycles. The van der Waals surface area contributed by atoms with E-state index < -0.39 is 5.60 Å². The molecule has 1 N–H and O–H groups in total. The van der Waals surface area contributed by atoms with Crippen molar-refractivity contribution in [2.75, 3.05) is 0 Å². The van der Waals surface area contributed by atoms with E-state index in [2.05, 4.69) is 18.1 Å². The standard InChI is InChI=1S/C16H22N2O/c1-5-18-14(10-13(3)17-18)11-16(4,19)15-9-7-6-8-12(15)2/h6-10,19H,5,11H2,1-4H3. The molecule has 102 valence electrons. The fourth-order valence-electron chi connectivity index (χ4n) is 2.64. The molecule has 0 aliphatic heterocycles. The first kappa shape index (κ1) is 13.8. The van der Waals surface area contributed by atoms with Gasteiger partial charge in [-0.15, -0.1) is 0 Å². The van der Waals surface area contributed by atoms with Crippen LogP contribution in [-0.2, 0) is 18.6 Å². The fourth-order valence-corrected chi connectivity index (χ4v) is 2.64. The number of hydrogen-bond acceptors (Lipinski definition) is 2. The zero-order chi connectivity index (χ0) is 14.0. The molecule has 0 fully saturated rings. The van der Waals surface area contributed by atoms with Crippen LogP contribution in [0.4, 0.5) is 0 Å². The van der Waals surface area contributed by atoms with E-state index in [1.54, 1.807) is 0 Å². The Balaban J connectivity index is 2.33. The van der Waals surface area contributed by atoms with Crippen LogP contribution >= 0.6 is 0 Å². The molecule has 0 aliphatic carbocycles. The molecule has 2 aromatic rings. The smallest absolute Gasteiger partial charge is 0.0926 e. The maximum absolute atomic E-state index is 10.8. The highest BCUT2D eigenvalue weighted by molar-refractivity contribution is 5.32. The Morgan fingerprint density at radius 2 is 1.95 bits per heavy atom. The molecular weight excluding hydrogens is 236 g/mol. The molecule has 1 aromatic carbocycles. The van der Waals surface area contributed by atoms with Gasteiger partial charge < -0.3 is 5.11 Å². The molecule has 1 heterocycles. The number of rotatable bonds is 4. The van der Waals surface area contributed by atoms with Crippen molar-refractivity contribution in [1.82, 2.24) is 9.78 Å². The van der Waals surface area contributed by atoms with Gasteiger partial charge in [0.15, 0.2) is 0 Å². The zero-order valence-electron chi connectivity index (χ0n) is 12.1. The highest BCUT2D eigenvalue weighted by Crippen LogP contribution is 2.28. The zero-order valence-corrected chi connectivity index (χ0v) is 12.1. The Morgan fingerprint density at radius 1 is 1.26 bits per heavy atom. The third-order valence-electron chi connectivity index (χ3n) is 3.54. The molecular formula is C16H22N2O. The van der Waals surface area contributed by atoms with Gasteiger partial charge in [-0.1, -0.05) is 24.3 Å². The van der Waals surface area contributed by atoms with Crippen LogP contribution in [0.5, 0.6) is 0 Å². The van der Waals surface area contributed by atoms with Crippen molar-refractivity contribution in [2.24, 2.45) is 0 Å². The largest absolute Gasteiger partial charge is 0.385 e. The van der Waals surface area contributed by atoms with Crippen molar-refractivity contribution in [1.29, 1.82) is 0 Å². The van der Waals surface area contributed by atoms with Crippen LogP contribution in [-0.4, -0.2) is 14.9 Å². The van der Waals surface area contributed by atoms with Crippen LogP contribution in [0.3, 0.4) is 0 Å². The molecule has 1 atom stereocenters. The minimum absolute atomic E-state index is 0.576. The van der Waals surface area contributed by atoms with E-state index in [-0.39, 0.29) is 0 Å². The van der Waals surface area contributed by atoms with Crippen LogP contribution in [0.2, 0.25) is 0 Å². The van der Waals surface area contributed by atoms with Gasteiger partial charge in [0.2, 0.25) is 0 Å². The van der Waals surface area contributed by atoms with Crippen LogP contribution in [0, 0.1) is 13.8 Å². The van der Waals surface area contributed by atoms with Crippen molar-refractivity contribution < 1.29 is 5.11 Å². The number of nitrogens with zero attached hydrogens (tertiary/aromatic N) is 2. The van der Waals surface area contributed by atoms with Gasteiger partial charge in [-0.25, -0.2) is 0 Å². The van der Waals surface area contributed by atoms with Crippen molar-refractivity contribution in [3.8, 4) is 0 Å². The van der Waals surface area contributed by atoms with Gasteiger partial charge >= 0.3 is 0 Å². The van der Waals surface area contributed by atoms with E-state index in [1.807, 2.05) is 49.7 Å². The molecule has 0 amide bonds. The summed E-state index contributed by atoms with van der Waals surface area (Å²) in [7, 11) is 0. The predicted octanol–water partition coefficient (Wildman–Crippen LogP) is 2.97. The number of benzene rings is 1. The lowest BCUT2D eigenvalue weighted by atomic mass is 9.88. The van der Waals surface area contributed by atoms with Gasteiger partial charge in [0.05, 0.1) is 11.3 Å². The average molecular weight is 258 g/mol. The van der Waals surface area contributed by atoms with Gasteiger partial charge in [0, 0.05) is 18.7 Å². The highest BCUT2D eigenvalue weighted by Gasteiger charge is 2.26. The first-order chi connectivity index (χ1) is 8.94. The Labute approximate surface area is 114 Å². The van der Waals surface area contributed by atoms with Crippen LogP contribution < -0.4 is 0 Å². The first-order valence-electron chi connectivity index (χ1n) is 6.76. The molecule has 2 rings (SSSR count). The Morgan fingerprint density at radius 3 is 2.58 bits per heavy atom. The first-order valence-corrected chi connectivity index (χ1v) is 6.76. The summed E-state index contributed by atoms with van der Waals surface area (Å²) in [5, 5.41) is 15.2. The topological polar surface area (TPSA) is 38.0 Å². The molecule has 0 radical (unpaired) electrons. The predicted molar refractivity (Wildman–Crippen MR) is 77.1 cm³/mol. The van der Waals surface area contributed by atoms with Crippen LogP contribution in [0.15, 0.2) is 30.3 Å². The van der Waals surface area contributed by atoms with E-state index in [9.17, 15) is 5.11 Å². The molecule has 0 saturated carbocycles. The normalized spacial score (nSPS) is 14.4. The second-order valence-electron chi connectivity index (χ2n) is 5.36. The fraction of sp³-hybridized carbons (Fsp3) is 0.438. The van der Waals surface area contributed by atoms with Crippen molar-refractivity contribution in [3.05, 3.63) is 52.8 Å². The van der Waals surface area contributed by atoms with Gasteiger partial charge in [0.25, 0.3) is 0 Å². The molecule has 19 heavy (non-hydrogen) atoms. The number of aromatic nitrogens is 2. The molecule has 3 nitrogen and oxygen atoms in total. The summed E-state index contributed by atoms with van der Waals surface area (Å²) in [6.45, 7) is 8.79. The molecule has 3 heteroatoms. The van der Waals surface area contributed by atoms with E-state index in [4.69, 9.17) is 0 Å². The van der Waals surface area contributed by atoms with Crippen molar-refractivity contribution in [2.45, 2.75) is 46.3 Å². The molecule has 1 aromatic heterocycles. The monoisotopic (exact) mass is 258 g/mol. The van der Waals surface area contributed by atoms with Crippen LogP contribution in [0.25, 0.3) is 0 Å². The second kappa shape index (κ2) is 5.17. The maximum Gasteiger partial charge on any atom is 0.0926 e. The van der Waals surface area contributed by atoms with Crippen LogP contribution in [0.1, 0.15) is 36.4 Å². The maximum atomic E-state index is 10.8. The average Bonchev–Trinajstić information content (AvgIpc) is 2.69. The lowest BCUT2D eigenvalue weighted by Crippen LogP contribution is -2.26. The molecule has 0 bridgehead atoms. The summed E-state index contributed by atoms with van der Waals surface area (Å²) < 4.78 is 1.96. The Kier molecular flexibility index (Phi) is 3.76. The minimum Gasteiger partial charge on any atom is -0.385 e. The van der Waals surface area contributed by atoms with Gasteiger partial charge in [0.1, 0.15) is 0 Å². The SMILES string of the molecule is CCn1nc(C)cc1CC(C)(O)c1ccccc1C. The lowest BCUT2D eigenvalue weighted by Gasteiger charge is -2.26. The summed E-state index contributed by atoms with van der Waals surface area (Å²) in [6, 6.07) is 10.0. The van der Waals surface area contributed by atoms with Gasteiger partial charge in [-0.2, -0.15) is 5.10 Å². The summed E-state index contributed by atoms with van der Waals surface area (Å²) in [4.78, 5) is 0. The van der Waals surface area contributed by atoms with Gasteiger partial charge in [-0.3, -0.25) is 4.68 Å². The third-order valence-corrected chi connectivity index (χ3v) is 3.54. The summed E-state index contributed by atoms with van der Waals surface area (Å²) in [5.41, 5.74) is 3.30. The van der Waals surface area contributed by atoms with E-state index in [1.165, 1.54) is 0 Å². The number of aryl methyl sites for hydroxylation is 3. The minimum atomic E-state index is -0.870. The van der Waals surface area contributed by atoms with E-state index >= 15 is 0 Å².